The van der Waals surface area contributed by atoms with Gasteiger partial charge in [-0.15, -0.1) is 5.10 Å². The van der Waals surface area contributed by atoms with Crippen molar-refractivity contribution in [2.45, 2.75) is 22.5 Å². The standard InChI is InChI=1S/C26H24N4O5S/c31-25(28-32)26(14-16-35-17-15-26)36(33,34)23-12-10-22(11-13-23)30-18-24(27-29-30)21-8-6-20(7-9-21)19-4-2-1-3-5-19/h1-13,18,32H,14-17H2,(H,28,31). The molecule has 1 amide bonds. The van der Waals surface area contributed by atoms with Gasteiger partial charge in [0.15, 0.2) is 14.6 Å². The molecule has 5 rings (SSSR count). The highest BCUT2D eigenvalue weighted by Gasteiger charge is 2.52. The number of rotatable bonds is 6. The number of benzene rings is 3. The number of sulfone groups is 1. The van der Waals surface area contributed by atoms with E-state index in [0.29, 0.717) is 11.4 Å². The van der Waals surface area contributed by atoms with E-state index in [1.54, 1.807) is 23.0 Å². The molecule has 0 spiro atoms. The largest absolute Gasteiger partial charge is 0.381 e. The van der Waals surface area contributed by atoms with Crippen molar-refractivity contribution in [1.82, 2.24) is 20.5 Å². The van der Waals surface area contributed by atoms with Crippen molar-refractivity contribution in [3.8, 4) is 28.1 Å². The first kappa shape index (κ1) is 23.9. The zero-order valence-electron chi connectivity index (χ0n) is 19.2. The molecule has 1 saturated heterocycles. The quantitative estimate of drug-likeness (QED) is 0.305. The Labute approximate surface area is 208 Å². The molecule has 0 unspecified atom stereocenters. The van der Waals surface area contributed by atoms with Gasteiger partial charge in [-0.25, -0.2) is 18.6 Å². The van der Waals surface area contributed by atoms with Crippen LogP contribution >= 0.6 is 0 Å². The van der Waals surface area contributed by atoms with Crippen molar-refractivity contribution in [3.63, 3.8) is 0 Å². The van der Waals surface area contributed by atoms with Crippen LogP contribution in [0.1, 0.15) is 12.8 Å². The molecule has 2 heterocycles. The minimum atomic E-state index is -4.10. The van der Waals surface area contributed by atoms with Crippen molar-refractivity contribution in [1.29, 1.82) is 0 Å². The lowest BCUT2D eigenvalue weighted by molar-refractivity contribution is -0.134. The third kappa shape index (κ3) is 4.19. The number of hydrogen-bond acceptors (Lipinski definition) is 7. The van der Waals surface area contributed by atoms with Gasteiger partial charge in [0.2, 0.25) is 0 Å². The first-order valence-electron chi connectivity index (χ1n) is 11.4. The molecule has 0 radical (unpaired) electrons. The number of hydroxylamine groups is 1. The van der Waals surface area contributed by atoms with Gasteiger partial charge in [-0.05, 0) is 48.2 Å². The van der Waals surface area contributed by atoms with Crippen LogP contribution in [-0.4, -0.2) is 52.5 Å². The van der Waals surface area contributed by atoms with Gasteiger partial charge in [-0.1, -0.05) is 59.8 Å². The molecule has 1 aliphatic heterocycles. The first-order valence-corrected chi connectivity index (χ1v) is 12.9. The predicted octanol–water partition coefficient (Wildman–Crippen LogP) is 3.43. The molecule has 0 saturated carbocycles. The maximum absolute atomic E-state index is 13.4. The lowest BCUT2D eigenvalue weighted by Gasteiger charge is -2.34. The van der Waals surface area contributed by atoms with Gasteiger partial charge in [0, 0.05) is 18.8 Å². The first-order chi connectivity index (χ1) is 17.4. The lowest BCUT2D eigenvalue weighted by atomic mass is 9.98. The third-order valence-electron chi connectivity index (χ3n) is 6.52. The molecular weight excluding hydrogens is 480 g/mol. The van der Waals surface area contributed by atoms with Crippen LogP contribution in [0.3, 0.4) is 0 Å². The Bertz CT molecular complexity index is 1460. The Balaban J connectivity index is 1.38. The van der Waals surface area contributed by atoms with Crippen LogP contribution in [0.15, 0.2) is 90.0 Å². The summed E-state index contributed by atoms with van der Waals surface area (Å²) >= 11 is 0. The predicted molar refractivity (Wildman–Crippen MR) is 132 cm³/mol. The number of ether oxygens (including phenoxy) is 1. The minimum Gasteiger partial charge on any atom is -0.381 e. The minimum absolute atomic E-state index is 0.0198. The zero-order chi connectivity index (χ0) is 25.2. The number of hydrogen-bond donors (Lipinski definition) is 2. The van der Waals surface area contributed by atoms with Crippen LogP contribution in [-0.2, 0) is 19.4 Å². The lowest BCUT2D eigenvalue weighted by Crippen LogP contribution is -2.54. The van der Waals surface area contributed by atoms with E-state index in [9.17, 15) is 18.4 Å². The van der Waals surface area contributed by atoms with E-state index in [0.717, 1.165) is 16.7 Å². The second kappa shape index (κ2) is 9.65. The number of nitrogens with one attached hydrogen (secondary N) is 1. The van der Waals surface area contributed by atoms with Crippen LogP contribution in [0.4, 0.5) is 0 Å². The number of amides is 1. The molecule has 0 bridgehead atoms. The molecule has 10 heteroatoms. The molecule has 9 nitrogen and oxygen atoms in total. The molecule has 1 aromatic heterocycles. The van der Waals surface area contributed by atoms with Gasteiger partial charge in [-0.3, -0.25) is 10.0 Å². The van der Waals surface area contributed by atoms with E-state index in [4.69, 9.17) is 4.74 Å². The van der Waals surface area contributed by atoms with E-state index in [-0.39, 0.29) is 31.0 Å². The number of carbonyl (C=O) groups is 1. The van der Waals surface area contributed by atoms with Crippen LogP contribution in [0.2, 0.25) is 0 Å². The Morgan fingerprint density at radius 3 is 2.14 bits per heavy atom. The topological polar surface area (TPSA) is 123 Å². The van der Waals surface area contributed by atoms with Gasteiger partial charge in [0.25, 0.3) is 5.91 Å². The van der Waals surface area contributed by atoms with Gasteiger partial charge < -0.3 is 4.74 Å². The van der Waals surface area contributed by atoms with Gasteiger partial charge in [0.05, 0.1) is 16.8 Å². The number of aromatic nitrogens is 3. The molecule has 1 fully saturated rings. The van der Waals surface area contributed by atoms with Gasteiger partial charge in [-0.2, -0.15) is 0 Å². The fourth-order valence-electron chi connectivity index (χ4n) is 4.41. The fourth-order valence-corrected chi connectivity index (χ4v) is 6.35. The van der Waals surface area contributed by atoms with E-state index in [1.165, 1.54) is 17.6 Å². The van der Waals surface area contributed by atoms with Crippen molar-refractivity contribution < 1.29 is 23.2 Å². The van der Waals surface area contributed by atoms with Crippen molar-refractivity contribution in [2.75, 3.05) is 13.2 Å². The molecule has 0 atom stereocenters. The highest BCUT2D eigenvalue weighted by atomic mass is 32.2. The molecule has 1 aliphatic rings. The summed E-state index contributed by atoms with van der Waals surface area (Å²) in [7, 11) is -4.10. The average Bonchev–Trinajstić information content (AvgIpc) is 3.44. The second-order valence-corrected chi connectivity index (χ2v) is 10.8. The second-order valence-electron chi connectivity index (χ2n) is 8.54. The van der Waals surface area contributed by atoms with E-state index in [1.807, 2.05) is 42.5 Å². The summed E-state index contributed by atoms with van der Waals surface area (Å²) in [4.78, 5) is 12.4. The van der Waals surface area contributed by atoms with Crippen LogP contribution in [0.5, 0.6) is 0 Å². The summed E-state index contributed by atoms with van der Waals surface area (Å²) in [6.07, 6.45) is 1.68. The highest BCUT2D eigenvalue weighted by molar-refractivity contribution is 7.93. The summed E-state index contributed by atoms with van der Waals surface area (Å²) in [5.41, 5.74) is 5.93. The Morgan fingerprint density at radius 2 is 1.50 bits per heavy atom. The maximum atomic E-state index is 13.4. The highest BCUT2D eigenvalue weighted by Crippen LogP contribution is 2.35. The Morgan fingerprint density at radius 1 is 0.889 bits per heavy atom. The number of nitrogens with zero attached hydrogens (tertiary/aromatic N) is 3. The molecule has 2 N–H and O–H groups in total. The third-order valence-corrected chi connectivity index (χ3v) is 9.04. The van der Waals surface area contributed by atoms with Crippen molar-refractivity contribution in [3.05, 3.63) is 85.1 Å². The van der Waals surface area contributed by atoms with E-state index < -0.39 is 20.5 Å². The summed E-state index contributed by atoms with van der Waals surface area (Å²) in [5.74, 6) is -0.950. The average molecular weight is 505 g/mol. The van der Waals surface area contributed by atoms with E-state index in [2.05, 4.69) is 22.4 Å². The molecule has 3 aromatic carbocycles. The van der Waals surface area contributed by atoms with Crippen LogP contribution in [0, 0.1) is 0 Å². The molecule has 184 valence electrons. The number of carbonyl (C=O) groups excluding carboxylic acids is 1. The molecule has 36 heavy (non-hydrogen) atoms. The monoisotopic (exact) mass is 504 g/mol. The Hall–Kier alpha value is -3.86. The SMILES string of the molecule is O=C(NO)C1(S(=O)(=O)c2ccc(-n3cc(-c4ccc(-c5ccccc5)cc4)nn3)cc2)CCOCC1. The zero-order valence-corrected chi connectivity index (χ0v) is 20.1. The summed E-state index contributed by atoms with van der Waals surface area (Å²) < 4.78 is 31.9. The van der Waals surface area contributed by atoms with Crippen LogP contribution in [0.25, 0.3) is 28.1 Å². The smallest absolute Gasteiger partial charge is 0.265 e. The normalized spacial score (nSPS) is 15.4. The summed E-state index contributed by atoms with van der Waals surface area (Å²) in [5, 5.41) is 17.6. The van der Waals surface area contributed by atoms with Gasteiger partial charge in [0.1, 0.15) is 5.69 Å². The van der Waals surface area contributed by atoms with E-state index >= 15 is 0 Å². The Kier molecular flexibility index (Phi) is 6.40. The van der Waals surface area contributed by atoms with Crippen LogP contribution < -0.4 is 5.48 Å². The molecule has 4 aromatic rings. The maximum Gasteiger partial charge on any atom is 0.265 e. The summed E-state index contributed by atoms with van der Waals surface area (Å²) in [6, 6.07) is 24.2. The molecule has 0 aliphatic carbocycles. The fraction of sp³-hybridized carbons (Fsp3) is 0.192. The van der Waals surface area contributed by atoms with Crippen molar-refractivity contribution >= 4 is 15.7 Å². The van der Waals surface area contributed by atoms with Crippen molar-refractivity contribution in [2.24, 2.45) is 0 Å². The summed E-state index contributed by atoms with van der Waals surface area (Å²) in [6.45, 7) is 0.220. The molecular formula is C26H24N4O5S. The van der Waals surface area contributed by atoms with Gasteiger partial charge >= 0.3 is 0 Å².